The highest BCUT2D eigenvalue weighted by Gasteiger charge is 2.44. The van der Waals surface area contributed by atoms with Crippen molar-refractivity contribution >= 4 is 21.7 Å². The molecule has 2 aliphatic rings. The van der Waals surface area contributed by atoms with Gasteiger partial charge < -0.3 is 9.64 Å². The summed E-state index contributed by atoms with van der Waals surface area (Å²) in [6.45, 7) is 5.61. The second-order valence-electron chi connectivity index (χ2n) is 7.43. The van der Waals surface area contributed by atoms with Crippen molar-refractivity contribution in [2.24, 2.45) is 0 Å². The number of hydrogen-bond donors (Lipinski definition) is 0. The fourth-order valence-corrected chi connectivity index (χ4v) is 5.49. The van der Waals surface area contributed by atoms with Crippen LogP contribution in [0.4, 0.5) is 0 Å². The standard InChI is InChI=1S/C16H27NO5S/c1-16(2,3)22-15(19)9-8-14(18)17-10-11-23(20,21)13-7-5-4-6-12(13)17/h12-13H,4-11H2,1-3H3/t12-,13+/m1/s1. The van der Waals surface area contributed by atoms with Crippen LogP contribution in [0.3, 0.4) is 0 Å². The molecule has 0 aromatic carbocycles. The monoisotopic (exact) mass is 345 g/mol. The Bertz CT molecular complexity index is 564. The molecule has 0 aromatic heterocycles. The van der Waals surface area contributed by atoms with Gasteiger partial charge in [0.05, 0.1) is 17.4 Å². The Hall–Kier alpha value is -1.11. The molecule has 132 valence electrons. The summed E-state index contributed by atoms with van der Waals surface area (Å²) in [6.07, 6.45) is 3.35. The molecule has 7 heteroatoms. The summed E-state index contributed by atoms with van der Waals surface area (Å²) in [5.74, 6) is -0.495. The van der Waals surface area contributed by atoms with E-state index in [1.54, 1.807) is 25.7 Å². The smallest absolute Gasteiger partial charge is 0.306 e. The molecule has 0 N–H and O–H groups in total. The van der Waals surface area contributed by atoms with Gasteiger partial charge in [-0.05, 0) is 33.6 Å². The zero-order chi connectivity index (χ0) is 17.3. The molecule has 0 radical (unpaired) electrons. The molecule has 1 aliphatic heterocycles. The topological polar surface area (TPSA) is 80.8 Å². The summed E-state index contributed by atoms with van der Waals surface area (Å²) in [7, 11) is -3.09. The van der Waals surface area contributed by atoms with Crippen LogP contribution in [0.5, 0.6) is 0 Å². The molecule has 2 rings (SSSR count). The maximum Gasteiger partial charge on any atom is 0.306 e. The van der Waals surface area contributed by atoms with Crippen molar-refractivity contribution < 1.29 is 22.7 Å². The minimum Gasteiger partial charge on any atom is -0.460 e. The Morgan fingerprint density at radius 2 is 1.78 bits per heavy atom. The normalized spacial score (nSPS) is 27.2. The van der Waals surface area contributed by atoms with Crippen molar-refractivity contribution in [3.8, 4) is 0 Å². The van der Waals surface area contributed by atoms with E-state index in [0.717, 1.165) is 19.3 Å². The Morgan fingerprint density at radius 1 is 1.13 bits per heavy atom. The minimum absolute atomic E-state index is 0.0341. The van der Waals surface area contributed by atoms with Crippen molar-refractivity contribution in [1.29, 1.82) is 0 Å². The first kappa shape index (κ1) is 18.2. The van der Waals surface area contributed by atoms with Crippen molar-refractivity contribution in [3.05, 3.63) is 0 Å². The van der Waals surface area contributed by atoms with E-state index in [1.165, 1.54) is 0 Å². The molecular weight excluding hydrogens is 318 g/mol. The third-order valence-electron chi connectivity index (χ3n) is 4.43. The molecule has 23 heavy (non-hydrogen) atoms. The highest BCUT2D eigenvalue weighted by Crippen LogP contribution is 2.32. The number of carbonyl (C=O) groups is 2. The van der Waals surface area contributed by atoms with E-state index in [-0.39, 0.29) is 37.1 Å². The first-order valence-corrected chi connectivity index (χ1v) is 10.0. The lowest BCUT2D eigenvalue weighted by Crippen LogP contribution is -2.57. The minimum atomic E-state index is -3.09. The molecule has 0 bridgehead atoms. The molecular formula is C16H27NO5S. The summed E-state index contributed by atoms with van der Waals surface area (Å²) >= 11 is 0. The number of carbonyl (C=O) groups excluding carboxylic acids is 2. The molecule has 1 heterocycles. The van der Waals surface area contributed by atoms with Crippen LogP contribution >= 0.6 is 0 Å². The number of rotatable bonds is 3. The lowest BCUT2D eigenvalue weighted by Gasteiger charge is -2.43. The number of nitrogens with zero attached hydrogens (tertiary/aromatic N) is 1. The van der Waals surface area contributed by atoms with E-state index >= 15 is 0 Å². The predicted octanol–water partition coefficient (Wildman–Crippen LogP) is 1.68. The Morgan fingerprint density at radius 3 is 2.43 bits per heavy atom. The van der Waals surface area contributed by atoms with Crippen LogP contribution < -0.4 is 0 Å². The maximum atomic E-state index is 12.5. The number of ether oxygens (including phenoxy) is 1. The van der Waals surface area contributed by atoms with Gasteiger partial charge in [-0.15, -0.1) is 0 Å². The van der Waals surface area contributed by atoms with Gasteiger partial charge in [0.25, 0.3) is 0 Å². The van der Waals surface area contributed by atoms with Gasteiger partial charge >= 0.3 is 5.97 Å². The number of sulfone groups is 1. The average molecular weight is 345 g/mol. The van der Waals surface area contributed by atoms with Crippen molar-refractivity contribution in [2.45, 2.75) is 76.2 Å². The van der Waals surface area contributed by atoms with Crippen LogP contribution in [0.2, 0.25) is 0 Å². The average Bonchev–Trinajstić information content (AvgIpc) is 2.43. The van der Waals surface area contributed by atoms with E-state index in [9.17, 15) is 18.0 Å². The van der Waals surface area contributed by atoms with Crippen LogP contribution in [0.1, 0.15) is 59.3 Å². The maximum absolute atomic E-state index is 12.5. The van der Waals surface area contributed by atoms with Gasteiger partial charge in [-0.25, -0.2) is 8.42 Å². The van der Waals surface area contributed by atoms with Crippen LogP contribution in [-0.4, -0.2) is 54.4 Å². The molecule has 1 saturated carbocycles. The third-order valence-corrected chi connectivity index (χ3v) is 6.65. The molecule has 0 spiro atoms. The molecule has 1 aliphatic carbocycles. The second-order valence-corrected chi connectivity index (χ2v) is 9.77. The number of amides is 1. The molecule has 1 saturated heterocycles. The van der Waals surface area contributed by atoms with Gasteiger partial charge in [0.2, 0.25) is 5.91 Å². The van der Waals surface area contributed by atoms with E-state index in [4.69, 9.17) is 4.74 Å². The second kappa shape index (κ2) is 6.79. The predicted molar refractivity (Wildman–Crippen MR) is 86.6 cm³/mol. The molecule has 2 fully saturated rings. The highest BCUT2D eigenvalue weighted by molar-refractivity contribution is 7.92. The highest BCUT2D eigenvalue weighted by atomic mass is 32.2. The van der Waals surface area contributed by atoms with Gasteiger partial charge in [-0.3, -0.25) is 9.59 Å². The van der Waals surface area contributed by atoms with Gasteiger partial charge in [0, 0.05) is 19.0 Å². The van der Waals surface area contributed by atoms with Crippen molar-refractivity contribution in [3.63, 3.8) is 0 Å². The van der Waals surface area contributed by atoms with Crippen LogP contribution in [-0.2, 0) is 24.2 Å². The van der Waals surface area contributed by atoms with Crippen LogP contribution in [0, 0.1) is 0 Å². The lowest BCUT2D eigenvalue weighted by atomic mass is 9.93. The van der Waals surface area contributed by atoms with Gasteiger partial charge in [-0.1, -0.05) is 12.8 Å². The number of esters is 1. The molecule has 1 amide bonds. The summed E-state index contributed by atoms with van der Waals surface area (Å²) in [6, 6.07) is -0.214. The Kier molecular flexibility index (Phi) is 5.38. The molecule has 2 atom stereocenters. The quantitative estimate of drug-likeness (QED) is 0.727. The number of fused-ring (bicyclic) bond motifs is 1. The van der Waals surface area contributed by atoms with Gasteiger partial charge in [-0.2, -0.15) is 0 Å². The third kappa shape index (κ3) is 4.68. The first-order chi connectivity index (χ1) is 10.6. The molecule has 6 nitrogen and oxygen atoms in total. The van der Waals surface area contributed by atoms with Crippen LogP contribution in [0.25, 0.3) is 0 Å². The zero-order valence-corrected chi connectivity index (χ0v) is 15.0. The fourth-order valence-electron chi connectivity index (χ4n) is 3.45. The summed E-state index contributed by atoms with van der Waals surface area (Å²) < 4.78 is 29.6. The number of hydrogen-bond acceptors (Lipinski definition) is 5. The largest absolute Gasteiger partial charge is 0.460 e. The first-order valence-electron chi connectivity index (χ1n) is 8.33. The van der Waals surface area contributed by atoms with Crippen molar-refractivity contribution in [1.82, 2.24) is 4.90 Å². The Balaban J connectivity index is 1.95. The molecule has 0 unspecified atom stereocenters. The van der Waals surface area contributed by atoms with Crippen LogP contribution in [0.15, 0.2) is 0 Å². The van der Waals surface area contributed by atoms with Gasteiger partial charge in [0.15, 0.2) is 9.84 Å². The summed E-state index contributed by atoms with van der Waals surface area (Å²) in [4.78, 5) is 25.9. The van der Waals surface area contributed by atoms with Crippen molar-refractivity contribution in [2.75, 3.05) is 12.3 Å². The zero-order valence-electron chi connectivity index (χ0n) is 14.2. The van der Waals surface area contributed by atoms with E-state index in [1.807, 2.05) is 0 Å². The summed E-state index contributed by atoms with van der Waals surface area (Å²) in [5.41, 5.74) is -0.562. The SMILES string of the molecule is CC(C)(C)OC(=O)CCC(=O)N1CCS(=O)(=O)[C@H]2CCCC[C@H]21. The van der Waals surface area contributed by atoms with E-state index in [2.05, 4.69) is 0 Å². The van der Waals surface area contributed by atoms with E-state index in [0.29, 0.717) is 6.42 Å². The van der Waals surface area contributed by atoms with E-state index < -0.39 is 26.7 Å². The lowest BCUT2D eigenvalue weighted by molar-refractivity contribution is -0.156. The summed E-state index contributed by atoms with van der Waals surface area (Å²) in [5, 5.41) is -0.421. The van der Waals surface area contributed by atoms with Gasteiger partial charge in [0.1, 0.15) is 5.60 Å². The fraction of sp³-hybridized carbons (Fsp3) is 0.875. The molecule has 0 aromatic rings. The Labute approximate surface area is 138 Å².